The van der Waals surface area contributed by atoms with Crippen LogP contribution in [0.4, 0.5) is 24.5 Å². The van der Waals surface area contributed by atoms with E-state index in [2.05, 4.69) is 4.74 Å². The fraction of sp³-hybridized carbons (Fsp3) is 0.143. The molecule has 0 heterocycles. The van der Waals surface area contributed by atoms with E-state index in [1.165, 1.54) is 0 Å². The number of alkyl halides is 3. The zero-order valence-electron chi connectivity index (χ0n) is 8.17. The van der Waals surface area contributed by atoms with Crippen LogP contribution >= 0.6 is 0 Å². The molecule has 1 rings (SSSR count). The molecular weight excluding hydrogens is 265 g/mol. The number of nitro groups is 2. The molecule has 0 aliphatic carbocycles. The van der Waals surface area contributed by atoms with Crippen LogP contribution in [0.15, 0.2) is 12.1 Å². The van der Waals surface area contributed by atoms with E-state index in [9.17, 15) is 33.4 Å². The van der Waals surface area contributed by atoms with Crippen molar-refractivity contribution in [1.29, 1.82) is 0 Å². The van der Waals surface area contributed by atoms with Crippen molar-refractivity contribution >= 4 is 11.4 Å². The Morgan fingerprint density at radius 1 is 1.11 bits per heavy atom. The highest BCUT2D eigenvalue weighted by Crippen LogP contribution is 2.40. The molecule has 11 heteroatoms. The molecule has 1 aromatic rings. The molecule has 0 aromatic heterocycles. The van der Waals surface area contributed by atoms with Gasteiger partial charge in [0.15, 0.2) is 0 Å². The topological polar surface area (TPSA) is 116 Å². The lowest BCUT2D eigenvalue weighted by Crippen LogP contribution is -2.17. The van der Waals surface area contributed by atoms with Crippen LogP contribution in [0.5, 0.6) is 11.5 Å². The summed E-state index contributed by atoms with van der Waals surface area (Å²) in [6.07, 6.45) is -5.17. The Labute approximate surface area is 95.5 Å². The Bertz CT molecular complexity index is 479. The number of nitrogens with zero attached hydrogens (tertiary/aromatic N) is 2. The van der Waals surface area contributed by atoms with Crippen molar-refractivity contribution in [3.8, 4) is 11.5 Å². The quantitative estimate of drug-likeness (QED) is 0.662. The lowest BCUT2D eigenvalue weighted by molar-refractivity contribution is -0.396. The van der Waals surface area contributed by atoms with Crippen LogP contribution < -0.4 is 4.74 Å². The fourth-order valence-corrected chi connectivity index (χ4v) is 1.05. The lowest BCUT2D eigenvalue weighted by atomic mass is 10.2. The van der Waals surface area contributed by atoms with Gasteiger partial charge in [0, 0.05) is 0 Å². The molecule has 0 amide bonds. The third-order valence-electron chi connectivity index (χ3n) is 1.67. The van der Waals surface area contributed by atoms with Gasteiger partial charge in [-0.3, -0.25) is 20.2 Å². The molecule has 8 nitrogen and oxygen atoms in total. The maximum absolute atomic E-state index is 11.9. The fourth-order valence-electron chi connectivity index (χ4n) is 1.05. The largest absolute Gasteiger partial charge is 0.573 e. The van der Waals surface area contributed by atoms with Gasteiger partial charge >= 0.3 is 17.7 Å². The predicted octanol–water partition coefficient (Wildman–Crippen LogP) is 2.11. The Balaban J connectivity index is 3.38. The van der Waals surface area contributed by atoms with Crippen LogP contribution in [-0.2, 0) is 0 Å². The normalized spacial score (nSPS) is 11.1. The molecule has 0 fully saturated rings. The highest BCUT2D eigenvalue weighted by atomic mass is 19.4. The standard InChI is InChI=1S/C7H3F3N2O6/c8-7(9,10)18-3-1-4(11(14)15)6(13)5(2-3)12(16)17/h1-2,13H. The van der Waals surface area contributed by atoms with Crippen molar-refractivity contribution < 1.29 is 32.9 Å². The van der Waals surface area contributed by atoms with Crippen molar-refractivity contribution in [1.82, 2.24) is 0 Å². The number of hydrogen-bond donors (Lipinski definition) is 1. The summed E-state index contributed by atoms with van der Waals surface area (Å²) in [5.74, 6) is -2.52. The first kappa shape index (κ1) is 13.5. The summed E-state index contributed by atoms with van der Waals surface area (Å²) >= 11 is 0. The molecular formula is C7H3F3N2O6. The van der Waals surface area contributed by atoms with Gasteiger partial charge in [-0.25, -0.2) is 0 Å². The highest BCUT2D eigenvalue weighted by molar-refractivity contribution is 5.62. The predicted molar refractivity (Wildman–Crippen MR) is 48.1 cm³/mol. The van der Waals surface area contributed by atoms with Crippen molar-refractivity contribution in [2.24, 2.45) is 0 Å². The molecule has 0 bridgehead atoms. The van der Waals surface area contributed by atoms with E-state index in [1.54, 1.807) is 0 Å². The molecule has 18 heavy (non-hydrogen) atoms. The smallest absolute Gasteiger partial charge is 0.497 e. The maximum Gasteiger partial charge on any atom is 0.573 e. The zero-order valence-corrected chi connectivity index (χ0v) is 8.17. The summed E-state index contributed by atoms with van der Waals surface area (Å²) in [6.45, 7) is 0. The van der Waals surface area contributed by atoms with Crippen LogP contribution in [0, 0.1) is 20.2 Å². The van der Waals surface area contributed by atoms with Crippen molar-refractivity contribution in [3.63, 3.8) is 0 Å². The van der Waals surface area contributed by atoms with Crippen LogP contribution in [0.1, 0.15) is 0 Å². The van der Waals surface area contributed by atoms with E-state index in [1.807, 2.05) is 0 Å². The number of nitro benzene ring substituents is 2. The molecule has 0 saturated heterocycles. The SMILES string of the molecule is O=[N+]([O-])c1cc(OC(F)(F)F)cc([N+](=O)[O-])c1O. The number of benzene rings is 1. The van der Waals surface area contributed by atoms with Crippen LogP contribution in [-0.4, -0.2) is 21.3 Å². The number of phenols is 1. The van der Waals surface area contributed by atoms with Gasteiger partial charge in [-0.05, 0) is 0 Å². The van der Waals surface area contributed by atoms with Gasteiger partial charge in [0.2, 0.25) is 0 Å². The first-order valence-corrected chi connectivity index (χ1v) is 4.03. The third kappa shape index (κ3) is 2.96. The minimum absolute atomic E-state index is 0.232. The second-order valence-electron chi connectivity index (χ2n) is 2.87. The number of ether oxygens (including phenoxy) is 1. The molecule has 0 radical (unpaired) electrons. The summed E-state index contributed by atoms with van der Waals surface area (Å²) in [4.78, 5) is 18.3. The molecule has 1 N–H and O–H groups in total. The van der Waals surface area contributed by atoms with E-state index in [0.29, 0.717) is 0 Å². The lowest BCUT2D eigenvalue weighted by Gasteiger charge is -2.08. The number of phenolic OH excluding ortho intramolecular Hbond substituents is 1. The second kappa shape index (κ2) is 4.35. The average molecular weight is 268 g/mol. The summed E-state index contributed by atoms with van der Waals surface area (Å²) in [7, 11) is 0. The van der Waals surface area contributed by atoms with Gasteiger partial charge in [-0.15, -0.1) is 13.2 Å². The Hall–Kier alpha value is -2.59. The van der Waals surface area contributed by atoms with E-state index in [4.69, 9.17) is 5.11 Å². The molecule has 0 unspecified atom stereocenters. The highest BCUT2D eigenvalue weighted by Gasteiger charge is 2.34. The van der Waals surface area contributed by atoms with Crippen molar-refractivity contribution in [2.45, 2.75) is 6.36 Å². The molecule has 0 aliphatic heterocycles. The number of rotatable bonds is 3. The third-order valence-corrected chi connectivity index (χ3v) is 1.67. The van der Waals surface area contributed by atoms with Crippen LogP contribution in [0.2, 0.25) is 0 Å². The molecule has 0 saturated carbocycles. The molecule has 98 valence electrons. The van der Waals surface area contributed by atoms with Crippen LogP contribution in [0.25, 0.3) is 0 Å². The van der Waals surface area contributed by atoms with Gasteiger partial charge in [0.25, 0.3) is 5.75 Å². The Morgan fingerprint density at radius 3 is 1.78 bits per heavy atom. The minimum atomic E-state index is -5.17. The van der Waals surface area contributed by atoms with Gasteiger partial charge in [0.1, 0.15) is 5.75 Å². The second-order valence-corrected chi connectivity index (χ2v) is 2.87. The Morgan fingerprint density at radius 2 is 1.50 bits per heavy atom. The van der Waals surface area contributed by atoms with Crippen molar-refractivity contribution in [3.05, 3.63) is 32.4 Å². The number of halogens is 3. The summed E-state index contributed by atoms with van der Waals surface area (Å²) in [6, 6.07) is 0.464. The summed E-state index contributed by atoms with van der Waals surface area (Å²) in [5, 5.41) is 29.9. The van der Waals surface area contributed by atoms with E-state index in [-0.39, 0.29) is 12.1 Å². The van der Waals surface area contributed by atoms with Gasteiger partial charge in [-0.2, -0.15) is 0 Å². The number of aromatic hydroxyl groups is 1. The van der Waals surface area contributed by atoms with Gasteiger partial charge in [0.05, 0.1) is 22.0 Å². The zero-order chi connectivity index (χ0) is 14.1. The molecule has 0 spiro atoms. The molecule has 0 aliphatic rings. The summed E-state index contributed by atoms with van der Waals surface area (Å²) in [5.41, 5.74) is -2.52. The summed E-state index contributed by atoms with van der Waals surface area (Å²) < 4.78 is 39.0. The monoisotopic (exact) mass is 268 g/mol. The number of hydrogen-bond acceptors (Lipinski definition) is 6. The first-order valence-electron chi connectivity index (χ1n) is 4.03. The van der Waals surface area contributed by atoms with E-state index < -0.39 is 39.1 Å². The van der Waals surface area contributed by atoms with Gasteiger partial charge in [-0.1, -0.05) is 0 Å². The van der Waals surface area contributed by atoms with Crippen LogP contribution in [0.3, 0.4) is 0 Å². The van der Waals surface area contributed by atoms with E-state index >= 15 is 0 Å². The molecule has 0 atom stereocenters. The first-order chi connectivity index (χ1) is 8.11. The van der Waals surface area contributed by atoms with E-state index in [0.717, 1.165) is 0 Å². The molecule has 1 aromatic carbocycles. The minimum Gasteiger partial charge on any atom is -0.497 e. The Kier molecular flexibility index (Phi) is 3.26. The van der Waals surface area contributed by atoms with Crippen molar-refractivity contribution in [2.75, 3.05) is 0 Å². The maximum atomic E-state index is 11.9. The van der Waals surface area contributed by atoms with Gasteiger partial charge < -0.3 is 9.84 Å². The average Bonchev–Trinajstić information content (AvgIpc) is 2.17.